The van der Waals surface area contributed by atoms with E-state index in [0.717, 1.165) is 19.4 Å². The lowest BCUT2D eigenvalue weighted by molar-refractivity contribution is 0.591. The van der Waals surface area contributed by atoms with E-state index in [4.69, 9.17) is 0 Å². The number of pyridine rings is 1. The monoisotopic (exact) mass is 333 g/mol. The molecule has 1 heterocycles. The van der Waals surface area contributed by atoms with Crippen LogP contribution in [-0.2, 0) is 10.0 Å². The minimum atomic E-state index is -3.60. The van der Waals surface area contributed by atoms with Crippen LogP contribution in [0.5, 0.6) is 0 Å². The molecular formula is C17H23N3O2S. The minimum absolute atomic E-state index is 0.198. The maximum atomic E-state index is 12.8. The summed E-state index contributed by atoms with van der Waals surface area (Å²) in [6.07, 6.45) is 3.57. The lowest BCUT2D eigenvalue weighted by Gasteiger charge is -2.22. The van der Waals surface area contributed by atoms with E-state index in [1.165, 1.54) is 10.5 Å². The zero-order chi connectivity index (χ0) is 16.7. The van der Waals surface area contributed by atoms with Gasteiger partial charge in [-0.2, -0.15) is 0 Å². The van der Waals surface area contributed by atoms with Crippen LogP contribution in [0.25, 0.3) is 0 Å². The first-order chi connectivity index (χ1) is 11.1. The molecule has 2 rings (SSSR count). The fraction of sp³-hybridized carbons (Fsp3) is 0.353. The maximum absolute atomic E-state index is 12.8. The Morgan fingerprint density at radius 2 is 1.83 bits per heavy atom. The standard InChI is InChI=1S/C17H23N3O2S/c1-3-5-13-18-17-12-11-16(14-19-17)23(21,22)20(4-2)15-9-7-6-8-10-15/h6-12,14H,3-5,13H2,1-2H3,(H,18,19). The van der Waals surface area contributed by atoms with Crippen LogP contribution in [0.4, 0.5) is 11.5 Å². The van der Waals surface area contributed by atoms with Crippen molar-refractivity contribution in [3.63, 3.8) is 0 Å². The number of hydrogen-bond acceptors (Lipinski definition) is 4. The number of hydrogen-bond donors (Lipinski definition) is 1. The van der Waals surface area contributed by atoms with Crippen molar-refractivity contribution in [1.82, 2.24) is 4.98 Å². The number of nitrogens with zero attached hydrogens (tertiary/aromatic N) is 2. The van der Waals surface area contributed by atoms with Gasteiger partial charge in [0.05, 0.1) is 5.69 Å². The summed E-state index contributed by atoms with van der Waals surface area (Å²) in [6.45, 7) is 5.13. The van der Waals surface area contributed by atoms with Crippen LogP contribution in [0.1, 0.15) is 26.7 Å². The van der Waals surface area contributed by atoms with Crippen LogP contribution in [0.3, 0.4) is 0 Å². The number of sulfonamides is 1. The van der Waals surface area contributed by atoms with Crippen molar-refractivity contribution in [1.29, 1.82) is 0 Å². The molecule has 0 amide bonds. The number of anilines is 2. The molecule has 0 bridgehead atoms. The number of para-hydroxylation sites is 1. The Morgan fingerprint density at radius 3 is 2.39 bits per heavy atom. The maximum Gasteiger partial charge on any atom is 0.265 e. The lowest BCUT2D eigenvalue weighted by atomic mass is 10.3. The molecule has 0 saturated carbocycles. The van der Waals surface area contributed by atoms with Gasteiger partial charge in [-0.05, 0) is 37.6 Å². The molecule has 5 nitrogen and oxygen atoms in total. The van der Waals surface area contributed by atoms with Crippen molar-refractivity contribution in [2.24, 2.45) is 0 Å². The predicted molar refractivity (Wildman–Crippen MR) is 94.3 cm³/mol. The summed E-state index contributed by atoms with van der Waals surface area (Å²) >= 11 is 0. The first-order valence-corrected chi connectivity index (χ1v) is 9.31. The molecule has 2 aromatic rings. The number of aromatic nitrogens is 1. The summed E-state index contributed by atoms with van der Waals surface area (Å²) in [7, 11) is -3.60. The summed E-state index contributed by atoms with van der Waals surface area (Å²) < 4.78 is 27.0. The van der Waals surface area contributed by atoms with Crippen LogP contribution in [0.15, 0.2) is 53.6 Å². The van der Waals surface area contributed by atoms with Gasteiger partial charge < -0.3 is 5.32 Å². The SMILES string of the molecule is CCCCNc1ccc(S(=O)(=O)N(CC)c2ccccc2)cn1. The molecule has 0 fully saturated rings. The molecule has 0 aliphatic carbocycles. The summed E-state index contributed by atoms with van der Waals surface area (Å²) in [5.74, 6) is 0.695. The van der Waals surface area contributed by atoms with E-state index in [9.17, 15) is 8.42 Å². The van der Waals surface area contributed by atoms with Gasteiger partial charge in [0, 0.05) is 19.3 Å². The van der Waals surface area contributed by atoms with E-state index in [2.05, 4.69) is 17.2 Å². The summed E-state index contributed by atoms with van der Waals surface area (Å²) in [5, 5.41) is 3.18. The molecule has 124 valence electrons. The highest BCUT2D eigenvalue weighted by Crippen LogP contribution is 2.23. The molecule has 0 aliphatic heterocycles. The Balaban J connectivity index is 2.21. The third-order valence-corrected chi connectivity index (χ3v) is 5.38. The Bertz CT molecular complexity index is 700. The summed E-state index contributed by atoms with van der Waals surface area (Å²) in [4.78, 5) is 4.41. The predicted octanol–water partition coefficient (Wildman–Crippen LogP) is 3.51. The van der Waals surface area contributed by atoms with E-state index in [-0.39, 0.29) is 4.90 Å². The second kappa shape index (κ2) is 7.97. The van der Waals surface area contributed by atoms with E-state index in [1.807, 2.05) is 25.1 Å². The fourth-order valence-electron chi connectivity index (χ4n) is 2.24. The molecule has 0 saturated heterocycles. The van der Waals surface area contributed by atoms with Crippen LogP contribution in [0, 0.1) is 0 Å². The van der Waals surface area contributed by atoms with Crippen LogP contribution in [0.2, 0.25) is 0 Å². The zero-order valence-corrected chi connectivity index (χ0v) is 14.4. The van der Waals surface area contributed by atoms with E-state index in [0.29, 0.717) is 18.1 Å². The third-order valence-electron chi connectivity index (χ3n) is 3.49. The first kappa shape index (κ1) is 17.3. The Hall–Kier alpha value is -2.08. The molecule has 0 atom stereocenters. The van der Waals surface area contributed by atoms with Gasteiger partial charge in [-0.1, -0.05) is 31.5 Å². The van der Waals surface area contributed by atoms with Crippen molar-refractivity contribution in [3.8, 4) is 0 Å². The molecule has 0 unspecified atom stereocenters. The molecule has 1 aromatic carbocycles. The molecular weight excluding hydrogens is 310 g/mol. The second-order valence-corrected chi connectivity index (χ2v) is 7.03. The van der Waals surface area contributed by atoms with Crippen molar-refractivity contribution in [2.45, 2.75) is 31.6 Å². The largest absolute Gasteiger partial charge is 0.370 e. The number of nitrogens with one attached hydrogen (secondary N) is 1. The van der Waals surface area contributed by atoms with Crippen molar-refractivity contribution >= 4 is 21.5 Å². The normalized spacial score (nSPS) is 11.2. The Labute approximate surface area is 138 Å². The fourth-order valence-corrected chi connectivity index (χ4v) is 3.66. The second-order valence-electron chi connectivity index (χ2n) is 5.16. The molecule has 23 heavy (non-hydrogen) atoms. The average molecular weight is 333 g/mol. The quantitative estimate of drug-likeness (QED) is 0.751. The zero-order valence-electron chi connectivity index (χ0n) is 13.6. The number of rotatable bonds is 8. The molecule has 1 aromatic heterocycles. The molecule has 0 aliphatic rings. The van der Waals surface area contributed by atoms with Gasteiger partial charge in [0.15, 0.2) is 0 Å². The number of unbranched alkanes of at least 4 members (excludes halogenated alkanes) is 1. The topological polar surface area (TPSA) is 62.3 Å². The average Bonchev–Trinajstić information content (AvgIpc) is 2.57. The molecule has 0 radical (unpaired) electrons. The van der Waals surface area contributed by atoms with Gasteiger partial charge in [0.25, 0.3) is 10.0 Å². The lowest BCUT2D eigenvalue weighted by Crippen LogP contribution is -2.30. The van der Waals surface area contributed by atoms with E-state index in [1.54, 1.807) is 24.3 Å². The van der Waals surface area contributed by atoms with Gasteiger partial charge in [0.2, 0.25) is 0 Å². The highest BCUT2D eigenvalue weighted by atomic mass is 32.2. The molecule has 1 N–H and O–H groups in total. The van der Waals surface area contributed by atoms with E-state index < -0.39 is 10.0 Å². The highest BCUT2D eigenvalue weighted by molar-refractivity contribution is 7.92. The van der Waals surface area contributed by atoms with Gasteiger partial charge in [0.1, 0.15) is 10.7 Å². The Kier molecular flexibility index (Phi) is 5.98. The van der Waals surface area contributed by atoms with Crippen molar-refractivity contribution in [2.75, 3.05) is 22.7 Å². The Morgan fingerprint density at radius 1 is 1.09 bits per heavy atom. The molecule has 6 heteroatoms. The third kappa shape index (κ3) is 4.22. The van der Waals surface area contributed by atoms with Crippen LogP contribution >= 0.6 is 0 Å². The summed E-state index contributed by atoms with van der Waals surface area (Å²) in [5.41, 5.74) is 0.653. The van der Waals surface area contributed by atoms with Gasteiger partial charge in [-0.3, -0.25) is 4.31 Å². The van der Waals surface area contributed by atoms with Gasteiger partial charge in [-0.25, -0.2) is 13.4 Å². The smallest absolute Gasteiger partial charge is 0.265 e. The number of benzene rings is 1. The molecule has 0 spiro atoms. The van der Waals surface area contributed by atoms with Crippen molar-refractivity contribution in [3.05, 3.63) is 48.7 Å². The van der Waals surface area contributed by atoms with Crippen LogP contribution < -0.4 is 9.62 Å². The van der Waals surface area contributed by atoms with E-state index >= 15 is 0 Å². The highest BCUT2D eigenvalue weighted by Gasteiger charge is 2.23. The van der Waals surface area contributed by atoms with Crippen LogP contribution in [-0.4, -0.2) is 26.5 Å². The first-order valence-electron chi connectivity index (χ1n) is 7.87. The minimum Gasteiger partial charge on any atom is -0.370 e. The van der Waals surface area contributed by atoms with Crippen molar-refractivity contribution < 1.29 is 8.42 Å². The van der Waals surface area contributed by atoms with Gasteiger partial charge in [-0.15, -0.1) is 0 Å². The summed E-state index contributed by atoms with van der Waals surface area (Å²) in [6, 6.07) is 12.4. The van der Waals surface area contributed by atoms with Gasteiger partial charge >= 0.3 is 0 Å².